The fourth-order valence-corrected chi connectivity index (χ4v) is 3.35. The Bertz CT molecular complexity index is 659. The molecule has 2 N–H and O–H groups in total. The van der Waals surface area contributed by atoms with Crippen molar-refractivity contribution in [2.75, 3.05) is 59.0 Å². The molecule has 10 heteroatoms. The van der Waals surface area contributed by atoms with E-state index in [2.05, 4.69) is 32.3 Å². The minimum atomic E-state index is -2.92. The van der Waals surface area contributed by atoms with Crippen LogP contribution in [0, 0.1) is 0 Å². The topological polar surface area (TPSA) is 61.4 Å². The van der Waals surface area contributed by atoms with Crippen molar-refractivity contribution in [3.63, 3.8) is 0 Å². The molecule has 1 heterocycles. The standard InChI is InChI=1S/C21H35F2N5O2.HI/c1-4-24-21(25-10-11-28-14-12-27(5-2)13-15-28)26-16-17-8-7-9-18(29-6-3)19(17)30-20(22)23;/h7-9,20H,4-6,10-16H2,1-3H3,(H2,24,25,26);1H. The number of hydrogen-bond acceptors (Lipinski definition) is 5. The normalized spacial score (nSPS) is 15.5. The summed E-state index contributed by atoms with van der Waals surface area (Å²) in [5.74, 6) is 0.993. The molecule has 1 aromatic carbocycles. The van der Waals surface area contributed by atoms with E-state index in [0.717, 1.165) is 45.8 Å². The number of nitrogens with one attached hydrogen (secondary N) is 2. The summed E-state index contributed by atoms with van der Waals surface area (Å²) in [6, 6.07) is 5.10. The van der Waals surface area contributed by atoms with Crippen LogP contribution in [0.15, 0.2) is 23.2 Å². The highest BCUT2D eigenvalue weighted by atomic mass is 127. The van der Waals surface area contributed by atoms with Gasteiger partial charge in [0.15, 0.2) is 17.5 Å². The van der Waals surface area contributed by atoms with E-state index in [0.29, 0.717) is 30.4 Å². The minimum Gasteiger partial charge on any atom is -0.490 e. The molecule has 0 aromatic heterocycles. The molecule has 1 aromatic rings. The predicted octanol–water partition coefficient (Wildman–Crippen LogP) is 3.00. The Morgan fingerprint density at radius 2 is 1.81 bits per heavy atom. The highest BCUT2D eigenvalue weighted by molar-refractivity contribution is 14.0. The van der Waals surface area contributed by atoms with Crippen molar-refractivity contribution in [2.45, 2.75) is 33.9 Å². The lowest BCUT2D eigenvalue weighted by Gasteiger charge is -2.34. The van der Waals surface area contributed by atoms with Gasteiger partial charge in [0, 0.05) is 51.4 Å². The van der Waals surface area contributed by atoms with E-state index in [4.69, 9.17) is 9.47 Å². The summed E-state index contributed by atoms with van der Waals surface area (Å²) in [4.78, 5) is 9.43. The van der Waals surface area contributed by atoms with Gasteiger partial charge in [-0.15, -0.1) is 24.0 Å². The number of piperazine rings is 1. The van der Waals surface area contributed by atoms with Crippen LogP contribution in [0.5, 0.6) is 11.5 Å². The van der Waals surface area contributed by atoms with Gasteiger partial charge in [0.25, 0.3) is 0 Å². The van der Waals surface area contributed by atoms with Gasteiger partial charge in [0.2, 0.25) is 0 Å². The fourth-order valence-electron chi connectivity index (χ4n) is 3.35. The van der Waals surface area contributed by atoms with E-state index in [9.17, 15) is 8.78 Å². The van der Waals surface area contributed by atoms with Crippen molar-refractivity contribution in [1.29, 1.82) is 0 Å². The number of aliphatic imine (C=N–C) groups is 1. The van der Waals surface area contributed by atoms with Gasteiger partial charge in [-0.05, 0) is 26.5 Å². The van der Waals surface area contributed by atoms with Gasteiger partial charge in [-0.1, -0.05) is 19.1 Å². The number of halogens is 3. The summed E-state index contributed by atoms with van der Waals surface area (Å²) in [6.45, 7) is 11.5. The molecular weight excluding hydrogens is 519 g/mol. The molecule has 0 radical (unpaired) electrons. The van der Waals surface area contributed by atoms with Crippen LogP contribution < -0.4 is 20.1 Å². The average molecular weight is 555 g/mol. The molecule has 0 amide bonds. The lowest BCUT2D eigenvalue weighted by atomic mass is 10.2. The minimum absolute atomic E-state index is 0. The SMILES string of the molecule is CCNC(=NCc1cccc(OCC)c1OC(F)F)NCCN1CCN(CC)CC1.I. The third-order valence-corrected chi connectivity index (χ3v) is 4.95. The second-order valence-electron chi connectivity index (χ2n) is 6.95. The quantitative estimate of drug-likeness (QED) is 0.249. The van der Waals surface area contributed by atoms with Gasteiger partial charge >= 0.3 is 6.61 Å². The first-order chi connectivity index (χ1) is 14.6. The number of para-hydroxylation sites is 1. The molecule has 0 spiro atoms. The van der Waals surface area contributed by atoms with Gasteiger partial charge in [-0.25, -0.2) is 4.99 Å². The van der Waals surface area contributed by atoms with Crippen LogP contribution in [0.1, 0.15) is 26.3 Å². The zero-order valence-corrected chi connectivity index (χ0v) is 21.0. The van der Waals surface area contributed by atoms with Gasteiger partial charge in [0.1, 0.15) is 0 Å². The first kappa shape index (κ1) is 27.6. The molecule has 1 aliphatic heterocycles. The van der Waals surface area contributed by atoms with Gasteiger partial charge < -0.3 is 25.0 Å². The lowest BCUT2D eigenvalue weighted by molar-refractivity contribution is -0.0520. The number of guanidine groups is 1. The zero-order chi connectivity index (χ0) is 21.8. The Hall–Kier alpha value is -1.40. The highest BCUT2D eigenvalue weighted by Crippen LogP contribution is 2.33. The molecule has 7 nitrogen and oxygen atoms in total. The van der Waals surface area contributed by atoms with Crippen LogP contribution in [-0.2, 0) is 6.54 Å². The maximum absolute atomic E-state index is 12.9. The molecule has 1 saturated heterocycles. The number of hydrogen-bond donors (Lipinski definition) is 2. The maximum Gasteiger partial charge on any atom is 0.387 e. The van der Waals surface area contributed by atoms with Gasteiger partial charge in [-0.2, -0.15) is 8.78 Å². The Morgan fingerprint density at radius 3 is 2.42 bits per heavy atom. The van der Waals surface area contributed by atoms with E-state index >= 15 is 0 Å². The zero-order valence-electron chi connectivity index (χ0n) is 18.7. The Kier molecular flexibility index (Phi) is 13.7. The summed E-state index contributed by atoms with van der Waals surface area (Å²) in [7, 11) is 0. The van der Waals surface area contributed by atoms with E-state index in [-0.39, 0.29) is 36.3 Å². The second-order valence-corrected chi connectivity index (χ2v) is 6.95. The Morgan fingerprint density at radius 1 is 1.10 bits per heavy atom. The van der Waals surface area contributed by atoms with Crippen LogP contribution in [0.4, 0.5) is 8.78 Å². The molecule has 0 saturated carbocycles. The van der Waals surface area contributed by atoms with Crippen LogP contribution in [0.2, 0.25) is 0 Å². The fraction of sp³-hybridized carbons (Fsp3) is 0.667. The highest BCUT2D eigenvalue weighted by Gasteiger charge is 2.16. The number of nitrogens with zero attached hydrogens (tertiary/aromatic N) is 3. The van der Waals surface area contributed by atoms with Crippen LogP contribution in [0.3, 0.4) is 0 Å². The summed E-state index contributed by atoms with van der Waals surface area (Å²) in [5.41, 5.74) is 0.550. The van der Waals surface area contributed by atoms with Crippen LogP contribution >= 0.6 is 24.0 Å². The molecule has 0 bridgehead atoms. The smallest absolute Gasteiger partial charge is 0.387 e. The first-order valence-corrected chi connectivity index (χ1v) is 10.7. The maximum atomic E-state index is 12.9. The number of rotatable bonds is 11. The van der Waals surface area contributed by atoms with E-state index in [1.165, 1.54) is 0 Å². The van der Waals surface area contributed by atoms with Crippen molar-refractivity contribution >= 4 is 29.9 Å². The lowest BCUT2D eigenvalue weighted by Crippen LogP contribution is -2.49. The number of ether oxygens (including phenoxy) is 2. The van der Waals surface area contributed by atoms with Crippen molar-refractivity contribution in [2.24, 2.45) is 4.99 Å². The summed E-state index contributed by atoms with van der Waals surface area (Å²) >= 11 is 0. The monoisotopic (exact) mass is 555 g/mol. The van der Waals surface area contributed by atoms with Crippen molar-refractivity contribution in [3.05, 3.63) is 23.8 Å². The van der Waals surface area contributed by atoms with Crippen LogP contribution in [-0.4, -0.2) is 81.3 Å². The van der Waals surface area contributed by atoms with Crippen molar-refractivity contribution < 1.29 is 18.3 Å². The third kappa shape index (κ3) is 9.73. The van der Waals surface area contributed by atoms with Crippen molar-refractivity contribution in [1.82, 2.24) is 20.4 Å². The van der Waals surface area contributed by atoms with Crippen molar-refractivity contribution in [3.8, 4) is 11.5 Å². The number of alkyl halides is 2. The molecule has 1 fully saturated rings. The molecule has 0 unspecified atom stereocenters. The Labute approximate surface area is 201 Å². The Balaban J connectivity index is 0.00000480. The molecule has 1 aliphatic rings. The molecular formula is C21H36F2IN5O2. The third-order valence-electron chi connectivity index (χ3n) is 4.95. The first-order valence-electron chi connectivity index (χ1n) is 10.7. The number of benzene rings is 1. The molecule has 31 heavy (non-hydrogen) atoms. The second kappa shape index (κ2) is 15.4. The number of likely N-dealkylation sites (N-methyl/N-ethyl adjacent to an activating group) is 1. The van der Waals surface area contributed by atoms with E-state index in [1.807, 2.05) is 6.92 Å². The van der Waals surface area contributed by atoms with Crippen LogP contribution in [0.25, 0.3) is 0 Å². The van der Waals surface area contributed by atoms with Gasteiger partial charge in [-0.3, -0.25) is 4.90 Å². The average Bonchev–Trinajstić information content (AvgIpc) is 2.74. The van der Waals surface area contributed by atoms with E-state index in [1.54, 1.807) is 25.1 Å². The predicted molar refractivity (Wildman–Crippen MR) is 131 cm³/mol. The largest absolute Gasteiger partial charge is 0.490 e. The summed E-state index contributed by atoms with van der Waals surface area (Å²) in [6.07, 6.45) is 0. The molecule has 2 rings (SSSR count). The molecule has 0 atom stereocenters. The summed E-state index contributed by atoms with van der Waals surface area (Å²) in [5, 5.41) is 6.53. The van der Waals surface area contributed by atoms with Gasteiger partial charge in [0.05, 0.1) is 13.2 Å². The molecule has 178 valence electrons. The molecule has 0 aliphatic carbocycles. The van der Waals surface area contributed by atoms with E-state index < -0.39 is 6.61 Å². The summed E-state index contributed by atoms with van der Waals surface area (Å²) < 4.78 is 35.9.